The van der Waals surface area contributed by atoms with Crippen molar-refractivity contribution in [2.75, 3.05) is 19.7 Å². The zero-order valence-electron chi connectivity index (χ0n) is 12.9. The zero-order chi connectivity index (χ0) is 16.6. The number of ether oxygens (including phenoxy) is 1. The molecule has 0 radical (unpaired) electrons. The lowest BCUT2D eigenvalue weighted by molar-refractivity contribution is -0.142. The first-order valence-corrected chi connectivity index (χ1v) is 8.19. The van der Waals surface area contributed by atoms with E-state index in [0.717, 1.165) is 12.8 Å². The highest BCUT2D eigenvalue weighted by atomic mass is 35.5. The van der Waals surface area contributed by atoms with E-state index in [4.69, 9.17) is 16.3 Å². The molecular formula is C16H19ClN2O4. The fourth-order valence-electron chi connectivity index (χ4n) is 3.23. The third-order valence-electron chi connectivity index (χ3n) is 4.53. The summed E-state index contributed by atoms with van der Waals surface area (Å²) in [5.41, 5.74) is 0.360. The highest BCUT2D eigenvalue weighted by Crippen LogP contribution is 2.44. The van der Waals surface area contributed by atoms with Crippen molar-refractivity contribution in [3.8, 4) is 5.88 Å². The van der Waals surface area contributed by atoms with Gasteiger partial charge in [-0.15, -0.1) is 0 Å². The summed E-state index contributed by atoms with van der Waals surface area (Å²) in [5, 5.41) is 9.66. The maximum atomic E-state index is 12.6. The van der Waals surface area contributed by atoms with Gasteiger partial charge in [-0.25, -0.2) is 4.98 Å². The van der Waals surface area contributed by atoms with E-state index in [1.54, 1.807) is 4.90 Å². The molecule has 1 aromatic rings. The summed E-state index contributed by atoms with van der Waals surface area (Å²) < 4.78 is 5.26. The largest absolute Gasteiger partial charge is 0.481 e. The lowest BCUT2D eigenvalue weighted by atomic mass is 9.92. The number of rotatable bonds is 5. The number of nitrogens with zero attached hydrogens (tertiary/aromatic N) is 2. The number of hydrogen-bond donors (Lipinski definition) is 1. The smallest absolute Gasteiger partial charge is 0.308 e. The molecule has 3 rings (SSSR count). The molecule has 2 atom stereocenters. The van der Waals surface area contributed by atoms with E-state index in [0.29, 0.717) is 30.5 Å². The maximum Gasteiger partial charge on any atom is 0.308 e. The topological polar surface area (TPSA) is 79.7 Å². The summed E-state index contributed by atoms with van der Waals surface area (Å²) in [7, 11) is 0. The van der Waals surface area contributed by atoms with Gasteiger partial charge in [0.2, 0.25) is 5.88 Å². The Morgan fingerprint density at radius 3 is 2.74 bits per heavy atom. The van der Waals surface area contributed by atoms with Crippen LogP contribution in [0.25, 0.3) is 0 Å². The van der Waals surface area contributed by atoms with E-state index < -0.39 is 11.9 Å². The van der Waals surface area contributed by atoms with Crippen LogP contribution in [0.2, 0.25) is 5.02 Å². The van der Waals surface area contributed by atoms with Gasteiger partial charge in [-0.2, -0.15) is 0 Å². The van der Waals surface area contributed by atoms with Crippen LogP contribution in [-0.2, 0) is 4.79 Å². The van der Waals surface area contributed by atoms with Crippen LogP contribution in [0.15, 0.2) is 12.3 Å². The number of carboxylic acid groups (broad SMARTS) is 1. The molecule has 1 aliphatic carbocycles. The van der Waals surface area contributed by atoms with Crippen molar-refractivity contribution in [3.05, 3.63) is 22.8 Å². The summed E-state index contributed by atoms with van der Waals surface area (Å²) in [6, 6.07) is 1.53. The van der Waals surface area contributed by atoms with Gasteiger partial charge in [-0.1, -0.05) is 11.6 Å². The number of hydrogen-bond acceptors (Lipinski definition) is 4. The molecule has 7 heteroatoms. The number of aliphatic carboxylic acids is 1. The minimum absolute atomic E-state index is 0.0579. The van der Waals surface area contributed by atoms with Crippen molar-refractivity contribution in [2.45, 2.75) is 19.8 Å². The quantitative estimate of drug-likeness (QED) is 0.891. The Labute approximate surface area is 139 Å². The Kier molecular flexibility index (Phi) is 4.43. The number of aromatic nitrogens is 1. The standard InChI is InChI=1S/C16H19ClN2O4/c1-2-23-14-13(17)5-10(6-18-14)15(20)19-7-11(9-3-4-9)12(8-19)16(21)22/h5-6,9,11-12H,2-4,7-8H2,1H3,(H,21,22)/t11-,12+/m1/s1. The van der Waals surface area contributed by atoms with Crippen LogP contribution < -0.4 is 4.74 Å². The first-order valence-electron chi connectivity index (χ1n) is 7.81. The number of carbonyl (C=O) groups is 2. The Bertz CT molecular complexity index is 633. The minimum atomic E-state index is -0.819. The van der Waals surface area contributed by atoms with Gasteiger partial charge in [0.15, 0.2) is 0 Å². The summed E-state index contributed by atoms with van der Waals surface area (Å²) in [6.07, 6.45) is 3.55. The van der Waals surface area contributed by atoms with Crippen LogP contribution in [0, 0.1) is 17.8 Å². The number of halogens is 1. The second-order valence-electron chi connectivity index (χ2n) is 6.10. The number of amides is 1. The van der Waals surface area contributed by atoms with Crippen molar-refractivity contribution in [2.24, 2.45) is 17.8 Å². The van der Waals surface area contributed by atoms with Crippen LogP contribution in [0.3, 0.4) is 0 Å². The van der Waals surface area contributed by atoms with Gasteiger partial charge in [0.1, 0.15) is 5.02 Å². The predicted molar refractivity (Wildman–Crippen MR) is 83.7 cm³/mol. The average Bonchev–Trinajstić information content (AvgIpc) is 3.27. The Hall–Kier alpha value is -1.82. The number of likely N-dealkylation sites (tertiary alicyclic amines) is 1. The normalized spacial score (nSPS) is 23.8. The van der Waals surface area contributed by atoms with Crippen molar-refractivity contribution in [1.29, 1.82) is 0 Å². The van der Waals surface area contributed by atoms with Gasteiger partial charge in [-0.3, -0.25) is 9.59 Å². The summed E-state index contributed by atoms with van der Waals surface area (Å²) in [6.45, 7) is 3.01. The third-order valence-corrected chi connectivity index (χ3v) is 4.80. The van der Waals surface area contributed by atoms with Crippen molar-refractivity contribution >= 4 is 23.5 Å². The van der Waals surface area contributed by atoms with Gasteiger partial charge in [0, 0.05) is 19.3 Å². The fraction of sp³-hybridized carbons (Fsp3) is 0.562. The molecule has 6 nitrogen and oxygen atoms in total. The molecule has 1 saturated carbocycles. The molecule has 1 amide bonds. The second-order valence-corrected chi connectivity index (χ2v) is 6.51. The molecule has 0 bridgehead atoms. The van der Waals surface area contributed by atoms with Crippen LogP contribution in [0.5, 0.6) is 5.88 Å². The zero-order valence-corrected chi connectivity index (χ0v) is 13.6. The predicted octanol–water partition coefficient (Wildman–Crippen LogP) is 2.32. The van der Waals surface area contributed by atoms with E-state index in [9.17, 15) is 14.7 Å². The van der Waals surface area contributed by atoms with E-state index in [-0.39, 0.29) is 23.4 Å². The molecule has 2 aliphatic rings. The van der Waals surface area contributed by atoms with Crippen molar-refractivity contribution < 1.29 is 19.4 Å². The summed E-state index contributed by atoms with van der Waals surface area (Å²) in [4.78, 5) is 29.7. The fourth-order valence-corrected chi connectivity index (χ4v) is 3.45. The van der Waals surface area contributed by atoms with E-state index >= 15 is 0 Å². The van der Waals surface area contributed by atoms with Crippen LogP contribution in [-0.4, -0.2) is 46.6 Å². The lowest BCUT2D eigenvalue weighted by Crippen LogP contribution is -2.30. The maximum absolute atomic E-state index is 12.6. The highest BCUT2D eigenvalue weighted by Gasteiger charge is 2.47. The minimum Gasteiger partial charge on any atom is -0.481 e. The molecular weight excluding hydrogens is 320 g/mol. The molecule has 23 heavy (non-hydrogen) atoms. The monoisotopic (exact) mass is 338 g/mol. The molecule has 124 valence electrons. The van der Waals surface area contributed by atoms with Gasteiger partial charge in [0.25, 0.3) is 5.91 Å². The molecule has 0 unspecified atom stereocenters. The number of carbonyl (C=O) groups excluding carboxylic acids is 1. The number of carboxylic acids is 1. The van der Waals surface area contributed by atoms with Gasteiger partial charge in [-0.05, 0) is 37.7 Å². The molecule has 2 fully saturated rings. The average molecular weight is 339 g/mol. The van der Waals surface area contributed by atoms with Crippen LogP contribution in [0.4, 0.5) is 0 Å². The molecule has 0 spiro atoms. The lowest BCUT2D eigenvalue weighted by Gasteiger charge is -2.16. The molecule has 0 aromatic carbocycles. The summed E-state index contributed by atoms with van der Waals surface area (Å²) in [5.74, 6) is -0.723. The Morgan fingerprint density at radius 1 is 1.43 bits per heavy atom. The van der Waals surface area contributed by atoms with Gasteiger partial charge in [0.05, 0.1) is 18.1 Å². The van der Waals surface area contributed by atoms with Crippen molar-refractivity contribution in [1.82, 2.24) is 9.88 Å². The highest BCUT2D eigenvalue weighted by molar-refractivity contribution is 6.32. The van der Waals surface area contributed by atoms with Crippen molar-refractivity contribution in [3.63, 3.8) is 0 Å². The number of pyridine rings is 1. The van der Waals surface area contributed by atoms with Crippen LogP contribution in [0.1, 0.15) is 30.1 Å². The Balaban J connectivity index is 1.75. The van der Waals surface area contributed by atoms with Gasteiger partial charge < -0.3 is 14.7 Å². The van der Waals surface area contributed by atoms with Crippen LogP contribution >= 0.6 is 11.6 Å². The van der Waals surface area contributed by atoms with E-state index in [1.165, 1.54) is 12.3 Å². The Morgan fingerprint density at radius 2 is 2.17 bits per heavy atom. The second kappa shape index (κ2) is 6.35. The first-order chi connectivity index (χ1) is 11.0. The van der Waals surface area contributed by atoms with E-state index in [2.05, 4.69) is 4.98 Å². The first kappa shape index (κ1) is 16.1. The SMILES string of the molecule is CCOc1ncc(C(=O)N2C[C@H](C(=O)O)[C@@H](C3CC3)C2)cc1Cl. The van der Waals surface area contributed by atoms with Gasteiger partial charge >= 0.3 is 5.97 Å². The van der Waals surface area contributed by atoms with E-state index in [1.807, 2.05) is 6.92 Å². The molecule has 1 aromatic heterocycles. The third kappa shape index (κ3) is 3.27. The molecule has 1 saturated heterocycles. The molecule has 2 heterocycles. The molecule has 1 aliphatic heterocycles. The summed E-state index contributed by atoms with van der Waals surface area (Å²) >= 11 is 6.07. The molecule has 1 N–H and O–H groups in total.